The molecule has 172 valence electrons. The minimum Gasteiger partial charge on any atom is -0.132 e. The van der Waals surface area contributed by atoms with Crippen LogP contribution in [0.1, 0.15) is 149 Å². The highest BCUT2D eigenvalue weighted by Crippen LogP contribution is 2.17. The number of hydrogen-bond donors (Lipinski definition) is 0. The first-order valence-electron chi connectivity index (χ1n) is 13.6. The molecule has 0 fully saturated rings. The van der Waals surface area contributed by atoms with Gasteiger partial charge < -0.3 is 0 Å². The van der Waals surface area contributed by atoms with Crippen molar-refractivity contribution < 1.29 is 0 Å². The molecule has 0 saturated carbocycles. The highest BCUT2D eigenvalue weighted by atomic mass is 28.3. The third kappa shape index (κ3) is 23.9. The fourth-order valence-corrected chi connectivity index (χ4v) is 5.98. The molecule has 0 radical (unpaired) electrons. The molecular weight excluding hydrogens is 364 g/mol. The molecule has 0 bridgehead atoms. The lowest BCUT2D eigenvalue weighted by atomic mass is 10.0. The van der Waals surface area contributed by atoms with Crippen molar-refractivity contribution in [2.24, 2.45) is 0 Å². The van der Waals surface area contributed by atoms with Crippen LogP contribution in [0.25, 0.3) is 0 Å². The summed E-state index contributed by atoms with van der Waals surface area (Å²) >= 11 is 0. The van der Waals surface area contributed by atoms with Crippen LogP contribution in [0.5, 0.6) is 0 Å². The molecular formula is C28H56Si. The second-order valence-electron chi connectivity index (χ2n) is 10.0. The smallest absolute Gasteiger partial charge is 0.132 e. The lowest BCUT2D eigenvalue weighted by Gasteiger charge is -2.14. The normalized spacial score (nSPS) is 11.4. The van der Waals surface area contributed by atoms with Gasteiger partial charge in [0.2, 0.25) is 0 Å². The molecule has 0 atom stereocenters. The first-order valence-corrected chi connectivity index (χ1v) is 16.8. The Balaban J connectivity index is 3.32. The van der Waals surface area contributed by atoms with Crippen molar-refractivity contribution in [3.63, 3.8) is 0 Å². The van der Waals surface area contributed by atoms with Crippen molar-refractivity contribution in [1.29, 1.82) is 0 Å². The zero-order valence-electron chi connectivity index (χ0n) is 21.1. The summed E-state index contributed by atoms with van der Waals surface area (Å²) in [4.78, 5) is 0. The summed E-state index contributed by atoms with van der Waals surface area (Å²) in [5.41, 5.74) is 3.68. The molecule has 0 nitrogen and oxygen atoms in total. The summed E-state index contributed by atoms with van der Waals surface area (Å²) in [6.07, 6.45) is 29.8. The van der Waals surface area contributed by atoms with Gasteiger partial charge in [-0.05, 0) is 12.5 Å². The number of unbranched alkanes of at least 4 members (excludes halogenated alkanes) is 19. The van der Waals surface area contributed by atoms with Crippen LogP contribution in [0.4, 0.5) is 0 Å². The summed E-state index contributed by atoms with van der Waals surface area (Å²) in [6.45, 7) is 9.52. The Morgan fingerprint density at radius 2 is 0.793 bits per heavy atom. The first-order chi connectivity index (χ1) is 14.1. The second kappa shape index (κ2) is 22.5. The zero-order chi connectivity index (χ0) is 21.5. The Hall–Kier alpha value is -0.223. The van der Waals surface area contributed by atoms with Crippen molar-refractivity contribution >= 4 is 8.07 Å². The van der Waals surface area contributed by atoms with Crippen molar-refractivity contribution in [1.82, 2.24) is 0 Å². The molecule has 0 aromatic carbocycles. The van der Waals surface area contributed by atoms with E-state index in [2.05, 4.69) is 38.4 Å². The van der Waals surface area contributed by atoms with Crippen LogP contribution in [-0.2, 0) is 0 Å². The average molecular weight is 421 g/mol. The monoisotopic (exact) mass is 420 g/mol. The molecule has 0 N–H and O–H groups in total. The molecule has 0 saturated heterocycles. The summed E-state index contributed by atoms with van der Waals surface area (Å²) in [6, 6.07) is 1.41. The molecule has 29 heavy (non-hydrogen) atoms. The molecule has 0 rings (SSSR count). The van der Waals surface area contributed by atoms with Gasteiger partial charge in [0.15, 0.2) is 0 Å². The Kier molecular flexibility index (Phi) is 22.3. The fourth-order valence-electron chi connectivity index (χ4n) is 4.12. The van der Waals surface area contributed by atoms with Gasteiger partial charge in [-0.25, -0.2) is 0 Å². The molecule has 0 aliphatic carbocycles. The lowest BCUT2D eigenvalue weighted by molar-refractivity contribution is 0.531. The molecule has 1 heteroatoms. The molecule has 0 heterocycles. The molecule has 0 amide bonds. The van der Waals surface area contributed by atoms with E-state index in [1.54, 1.807) is 0 Å². The summed E-state index contributed by atoms with van der Waals surface area (Å²) in [5.74, 6) is 3.50. The quantitative estimate of drug-likeness (QED) is 0.0983. The van der Waals surface area contributed by atoms with E-state index < -0.39 is 8.07 Å². The maximum atomic E-state index is 3.68. The van der Waals surface area contributed by atoms with E-state index in [1.165, 1.54) is 134 Å². The zero-order valence-corrected chi connectivity index (χ0v) is 22.1. The van der Waals surface area contributed by atoms with Gasteiger partial charge in [0.1, 0.15) is 8.07 Å². The van der Waals surface area contributed by atoms with Crippen LogP contribution in [0.2, 0.25) is 19.1 Å². The van der Waals surface area contributed by atoms with Crippen LogP contribution < -0.4 is 0 Å². The summed E-state index contributed by atoms with van der Waals surface area (Å²) in [5, 5.41) is 0. The highest BCUT2D eigenvalue weighted by Gasteiger charge is 2.16. The van der Waals surface area contributed by atoms with Crippen LogP contribution in [0.15, 0.2) is 0 Å². The van der Waals surface area contributed by atoms with Crippen molar-refractivity contribution in [3.05, 3.63) is 0 Å². The van der Waals surface area contributed by atoms with Crippen LogP contribution in [0.3, 0.4) is 0 Å². The van der Waals surface area contributed by atoms with Crippen LogP contribution >= 0.6 is 0 Å². The van der Waals surface area contributed by atoms with E-state index in [4.69, 9.17) is 0 Å². The maximum Gasteiger partial charge on any atom is 0.132 e. The largest absolute Gasteiger partial charge is 0.132 e. The predicted octanol–water partition coefficient (Wildman–Crippen LogP) is 10.5. The molecule has 0 aliphatic heterocycles. The van der Waals surface area contributed by atoms with E-state index in [-0.39, 0.29) is 0 Å². The maximum absolute atomic E-state index is 3.68. The van der Waals surface area contributed by atoms with E-state index in [1.807, 2.05) is 0 Å². The van der Waals surface area contributed by atoms with E-state index in [0.29, 0.717) is 0 Å². The van der Waals surface area contributed by atoms with Gasteiger partial charge in [-0.3, -0.25) is 0 Å². The highest BCUT2D eigenvalue weighted by molar-refractivity contribution is 6.85. The number of hydrogen-bond acceptors (Lipinski definition) is 0. The van der Waals surface area contributed by atoms with Gasteiger partial charge in [0.05, 0.1) is 0 Å². The minimum atomic E-state index is -1.24. The molecule has 0 unspecified atom stereocenters. The predicted molar refractivity (Wildman–Crippen MR) is 138 cm³/mol. The van der Waals surface area contributed by atoms with Crippen LogP contribution in [0, 0.1) is 11.5 Å². The van der Waals surface area contributed by atoms with Crippen molar-refractivity contribution in [3.8, 4) is 11.5 Å². The van der Waals surface area contributed by atoms with Crippen molar-refractivity contribution in [2.75, 3.05) is 0 Å². The molecule has 0 aliphatic rings. The minimum absolute atomic E-state index is 1.13. The van der Waals surface area contributed by atoms with Gasteiger partial charge in [-0.1, -0.05) is 149 Å². The van der Waals surface area contributed by atoms with Gasteiger partial charge >= 0.3 is 0 Å². The SMILES string of the molecule is CCCCCCC#C[Si](C)(C)CCCCCCCCCCCCCCCCCC. The van der Waals surface area contributed by atoms with Gasteiger partial charge in [-0.2, -0.15) is 0 Å². The fraction of sp³-hybridized carbons (Fsp3) is 0.929. The second-order valence-corrected chi connectivity index (χ2v) is 14.6. The Morgan fingerprint density at radius 3 is 1.21 bits per heavy atom. The van der Waals surface area contributed by atoms with E-state index in [0.717, 1.165) is 6.42 Å². The van der Waals surface area contributed by atoms with Crippen LogP contribution in [-0.4, -0.2) is 8.07 Å². The molecule has 0 spiro atoms. The Labute approximate surface area is 187 Å². The van der Waals surface area contributed by atoms with E-state index >= 15 is 0 Å². The Bertz CT molecular complexity index is 374. The topological polar surface area (TPSA) is 0 Å². The first kappa shape index (κ1) is 28.8. The van der Waals surface area contributed by atoms with E-state index in [9.17, 15) is 0 Å². The third-order valence-electron chi connectivity index (χ3n) is 6.24. The third-order valence-corrected chi connectivity index (χ3v) is 8.69. The standard InChI is InChI=1S/C28H56Si/c1-5-7-9-11-13-14-15-16-17-18-19-20-21-22-24-26-28-29(3,4)27-25-23-12-10-8-6-2/h5-24,26,28H2,1-4H3. The summed E-state index contributed by atoms with van der Waals surface area (Å²) in [7, 11) is -1.24. The van der Waals surface area contributed by atoms with Gasteiger partial charge in [0, 0.05) is 6.42 Å². The summed E-state index contributed by atoms with van der Waals surface area (Å²) < 4.78 is 0. The average Bonchev–Trinajstić information content (AvgIpc) is 2.70. The molecule has 0 aromatic rings. The number of rotatable bonds is 21. The molecule has 0 aromatic heterocycles. The lowest BCUT2D eigenvalue weighted by Crippen LogP contribution is -2.22. The Morgan fingerprint density at radius 1 is 0.448 bits per heavy atom. The van der Waals surface area contributed by atoms with Gasteiger partial charge in [-0.15, -0.1) is 11.5 Å². The van der Waals surface area contributed by atoms with Gasteiger partial charge in [0.25, 0.3) is 0 Å². The van der Waals surface area contributed by atoms with Crippen molar-refractivity contribution in [2.45, 2.75) is 168 Å².